The molecule has 0 spiro atoms. The molecule has 1 atom stereocenters. The third-order valence-electron chi connectivity index (χ3n) is 2.26. The molecule has 0 saturated carbocycles. The fourth-order valence-corrected chi connectivity index (χ4v) is 5.04. The molecular weight excluding hydrogens is 348 g/mol. The van der Waals surface area contributed by atoms with E-state index in [0.717, 1.165) is 11.3 Å². The molecule has 0 bridgehead atoms. The van der Waals surface area contributed by atoms with Crippen LogP contribution in [-0.2, 0) is 10.0 Å². The van der Waals surface area contributed by atoms with Crippen LogP contribution in [0.15, 0.2) is 14.1 Å². The Morgan fingerprint density at radius 2 is 2.29 bits per heavy atom. The van der Waals surface area contributed by atoms with E-state index < -0.39 is 10.0 Å². The zero-order valence-corrected chi connectivity index (χ0v) is 13.1. The molecule has 4 nitrogen and oxygen atoms in total. The highest BCUT2D eigenvalue weighted by atomic mass is 79.9. The topological polar surface area (TPSA) is 61.2 Å². The summed E-state index contributed by atoms with van der Waals surface area (Å²) in [6.07, 6.45) is 0.149. The molecule has 1 aromatic rings. The van der Waals surface area contributed by atoms with E-state index in [2.05, 4.69) is 15.9 Å². The third-order valence-corrected chi connectivity index (χ3v) is 7.16. The monoisotopic (exact) mass is 356 g/mol. The zero-order valence-electron chi connectivity index (χ0n) is 9.15. The van der Waals surface area contributed by atoms with Crippen molar-refractivity contribution in [2.45, 2.75) is 23.6 Å². The minimum absolute atomic E-state index is 0.149. The molecule has 1 unspecified atom stereocenters. The second kappa shape index (κ2) is 5.67. The van der Waals surface area contributed by atoms with Crippen LogP contribution in [0.2, 0.25) is 5.02 Å². The van der Waals surface area contributed by atoms with Gasteiger partial charge < -0.3 is 0 Å². The lowest BCUT2D eigenvalue weighted by Crippen LogP contribution is -2.34. The minimum Gasteiger partial charge on any atom is -0.206 e. The molecule has 0 aliphatic heterocycles. The predicted molar refractivity (Wildman–Crippen MR) is 71.7 cm³/mol. The number of sulfonamides is 1. The van der Waals surface area contributed by atoms with Crippen molar-refractivity contribution in [1.29, 1.82) is 5.26 Å². The molecule has 1 aromatic heterocycles. The number of halogens is 2. The quantitative estimate of drug-likeness (QED) is 0.832. The maximum absolute atomic E-state index is 12.2. The summed E-state index contributed by atoms with van der Waals surface area (Å²) < 4.78 is 26.3. The molecule has 0 N–H and O–H groups in total. The first kappa shape index (κ1) is 14.9. The Balaban J connectivity index is 3.08. The fourth-order valence-electron chi connectivity index (χ4n) is 1.09. The van der Waals surface area contributed by atoms with E-state index in [-0.39, 0.29) is 16.7 Å². The average molecular weight is 358 g/mol. The van der Waals surface area contributed by atoms with Crippen molar-refractivity contribution in [3.63, 3.8) is 0 Å². The predicted octanol–water partition coefficient (Wildman–Crippen LogP) is 3.09. The summed E-state index contributed by atoms with van der Waals surface area (Å²) in [4.78, 5) is 0. The van der Waals surface area contributed by atoms with Crippen molar-refractivity contribution in [2.24, 2.45) is 0 Å². The van der Waals surface area contributed by atoms with Crippen LogP contribution in [-0.4, -0.2) is 25.8 Å². The summed E-state index contributed by atoms with van der Waals surface area (Å²) in [6.45, 7) is 1.69. The van der Waals surface area contributed by atoms with Crippen molar-refractivity contribution in [3.8, 4) is 6.07 Å². The lowest BCUT2D eigenvalue weighted by Gasteiger charge is -2.21. The molecule has 0 aromatic carbocycles. The molecule has 94 valence electrons. The third kappa shape index (κ3) is 3.20. The van der Waals surface area contributed by atoms with Crippen molar-refractivity contribution < 1.29 is 8.42 Å². The fraction of sp³-hybridized carbons (Fsp3) is 0.444. The van der Waals surface area contributed by atoms with E-state index in [9.17, 15) is 8.42 Å². The Kier molecular flexibility index (Phi) is 4.98. The Bertz CT molecular complexity index is 530. The number of rotatable bonds is 4. The standard InChI is InChI=1S/C9H10BrClN2O2S2/c1-6(3-4-12)13(2)17(14,15)8-5-7(11)9(10)16-8/h5-6H,3H2,1-2H3. The summed E-state index contributed by atoms with van der Waals surface area (Å²) >= 11 is 10.0. The van der Waals surface area contributed by atoms with Crippen molar-refractivity contribution in [3.05, 3.63) is 14.9 Å². The number of hydrogen-bond acceptors (Lipinski definition) is 4. The van der Waals surface area contributed by atoms with Gasteiger partial charge in [-0.3, -0.25) is 0 Å². The summed E-state index contributed by atoms with van der Waals surface area (Å²) in [5, 5.41) is 8.94. The van der Waals surface area contributed by atoms with Crippen molar-refractivity contribution in [2.75, 3.05) is 7.05 Å². The Morgan fingerprint density at radius 3 is 2.71 bits per heavy atom. The molecule has 17 heavy (non-hydrogen) atoms. The van der Waals surface area contributed by atoms with Gasteiger partial charge in [0, 0.05) is 13.1 Å². The Morgan fingerprint density at radius 1 is 1.71 bits per heavy atom. The first-order valence-corrected chi connectivity index (χ1v) is 8.03. The largest absolute Gasteiger partial charge is 0.252 e. The summed E-state index contributed by atoms with van der Waals surface area (Å²) in [7, 11) is -2.12. The highest BCUT2D eigenvalue weighted by Gasteiger charge is 2.27. The van der Waals surface area contributed by atoms with E-state index in [1.165, 1.54) is 17.4 Å². The van der Waals surface area contributed by atoms with Crippen LogP contribution >= 0.6 is 38.9 Å². The number of thiophene rings is 1. The Hall–Kier alpha value is -0.130. The van der Waals surface area contributed by atoms with Gasteiger partial charge in [0.1, 0.15) is 4.21 Å². The van der Waals surface area contributed by atoms with Gasteiger partial charge in [0.2, 0.25) is 0 Å². The van der Waals surface area contributed by atoms with Crippen molar-refractivity contribution >= 4 is 48.9 Å². The van der Waals surface area contributed by atoms with Gasteiger partial charge in [-0.1, -0.05) is 11.6 Å². The SMILES string of the molecule is CC(CC#N)N(C)S(=O)(=O)c1cc(Cl)c(Br)s1. The lowest BCUT2D eigenvalue weighted by molar-refractivity contribution is 0.394. The second-order valence-corrected chi connectivity index (χ2v) is 8.42. The van der Waals surface area contributed by atoms with Crippen LogP contribution in [0.5, 0.6) is 0 Å². The molecule has 0 amide bonds. The number of hydrogen-bond donors (Lipinski definition) is 0. The zero-order chi connectivity index (χ0) is 13.2. The van der Waals surface area contributed by atoms with Crippen molar-refractivity contribution in [1.82, 2.24) is 4.31 Å². The summed E-state index contributed by atoms with van der Waals surface area (Å²) in [6, 6.07) is 2.98. The first-order chi connectivity index (χ1) is 7.80. The van der Waals surface area contributed by atoms with Crippen LogP contribution < -0.4 is 0 Å². The lowest BCUT2D eigenvalue weighted by atomic mass is 10.3. The average Bonchev–Trinajstić information content (AvgIpc) is 2.59. The number of nitrogens with zero attached hydrogens (tertiary/aromatic N) is 2. The molecule has 0 aliphatic carbocycles. The van der Waals surface area contributed by atoms with Crippen LogP contribution in [0.1, 0.15) is 13.3 Å². The van der Waals surface area contributed by atoms with Gasteiger partial charge in [0.25, 0.3) is 10.0 Å². The van der Waals surface area contributed by atoms with E-state index >= 15 is 0 Å². The van der Waals surface area contributed by atoms with E-state index in [4.69, 9.17) is 16.9 Å². The molecular formula is C9H10BrClN2O2S2. The maximum Gasteiger partial charge on any atom is 0.252 e. The highest BCUT2D eigenvalue weighted by Crippen LogP contribution is 2.36. The molecule has 1 rings (SSSR count). The van der Waals surface area contributed by atoms with Crippen LogP contribution in [0.4, 0.5) is 0 Å². The van der Waals surface area contributed by atoms with Gasteiger partial charge >= 0.3 is 0 Å². The maximum atomic E-state index is 12.2. The molecule has 1 heterocycles. The second-order valence-electron chi connectivity index (χ2n) is 3.42. The Labute approximate surface area is 118 Å². The minimum atomic E-state index is -3.58. The van der Waals surface area contributed by atoms with E-state index in [1.807, 2.05) is 6.07 Å². The van der Waals surface area contributed by atoms with Gasteiger partial charge in [-0.25, -0.2) is 8.42 Å². The molecule has 8 heteroatoms. The van der Waals surface area contributed by atoms with Crippen LogP contribution in [0, 0.1) is 11.3 Å². The van der Waals surface area contributed by atoms with Crippen LogP contribution in [0.3, 0.4) is 0 Å². The molecule has 0 fully saturated rings. The number of nitriles is 1. The smallest absolute Gasteiger partial charge is 0.206 e. The highest BCUT2D eigenvalue weighted by molar-refractivity contribution is 9.11. The van der Waals surface area contributed by atoms with Gasteiger partial charge in [-0.2, -0.15) is 9.57 Å². The van der Waals surface area contributed by atoms with E-state index in [0.29, 0.717) is 8.81 Å². The van der Waals surface area contributed by atoms with E-state index in [1.54, 1.807) is 6.92 Å². The van der Waals surface area contributed by atoms with Gasteiger partial charge in [-0.15, -0.1) is 11.3 Å². The van der Waals surface area contributed by atoms with Gasteiger partial charge in [0.05, 0.1) is 21.3 Å². The van der Waals surface area contributed by atoms with Crippen LogP contribution in [0.25, 0.3) is 0 Å². The molecule has 0 radical (unpaired) electrons. The first-order valence-electron chi connectivity index (χ1n) is 4.60. The molecule has 0 saturated heterocycles. The van der Waals surface area contributed by atoms with Gasteiger partial charge in [0.15, 0.2) is 0 Å². The summed E-state index contributed by atoms with van der Waals surface area (Å²) in [5.41, 5.74) is 0. The molecule has 0 aliphatic rings. The van der Waals surface area contributed by atoms with Gasteiger partial charge in [-0.05, 0) is 28.9 Å². The summed E-state index contributed by atoms with van der Waals surface area (Å²) in [5.74, 6) is 0. The normalized spacial score (nSPS) is 13.6.